The molecule has 1 aromatic carbocycles. The fourth-order valence-electron chi connectivity index (χ4n) is 3.94. The summed E-state index contributed by atoms with van der Waals surface area (Å²) in [6.07, 6.45) is 5.36. The minimum atomic E-state index is 0.338. The van der Waals surface area contributed by atoms with Gasteiger partial charge in [-0.15, -0.1) is 0 Å². The molecule has 0 radical (unpaired) electrons. The van der Waals surface area contributed by atoms with Gasteiger partial charge in [0.15, 0.2) is 11.5 Å². The lowest BCUT2D eigenvalue weighted by Gasteiger charge is -2.28. The molecule has 0 saturated carbocycles. The molecule has 2 aliphatic rings. The first kappa shape index (κ1) is 18.2. The highest BCUT2D eigenvalue weighted by Gasteiger charge is 2.23. The number of nitrogens with one attached hydrogen (secondary N) is 1. The molecule has 6 heteroatoms. The minimum Gasteiger partial charge on any atom is -0.493 e. The van der Waals surface area contributed by atoms with Crippen molar-refractivity contribution in [3.63, 3.8) is 0 Å². The summed E-state index contributed by atoms with van der Waals surface area (Å²) in [5.41, 5.74) is 3.70. The van der Waals surface area contributed by atoms with E-state index in [1.54, 1.807) is 7.11 Å². The molecule has 3 heterocycles. The van der Waals surface area contributed by atoms with Crippen molar-refractivity contribution < 1.29 is 9.47 Å². The summed E-state index contributed by atoms with van der Waals surface area (Å²) in [5, 5.41) is 3.49. The monoisotopic (exact) mass is 368 g/mol. The molecule has 144 valence electrons. The van der Waals surface area contributed by atoms with E-state index in [4.69, 9.17) is 14.5 Å². The maximum Gasteiger partial charge on any atom is 0.161 e. The second kappa shape index (κ2) is 8.23. The number of hydrogen-bond donors (Lipinski definition) is 1. The van der Waals surface area contributed by atoms with Crippen LogP contribution in [0.1, 0.15) is 48.5 Å². The third-order valence-electron chi connectivity index (χ3n) is 5.34. The summed E-state index contributed by atoms with van der Waals surface area (Å²) in [6.45, 7) is 6.48. The number of methoxy groups -OCH3 is 1. The van der Waals surface area contributed by atoms with Crippen LogP contribution in [0.25, 0.3) is 0 Å². The number of nitrogens with zero attached hydrogens (tertiary/aromatic N) is 3. The first-order chi connectivity index (χ1) is 13.3. The smallest absolute Gasteiger partial charge is 0.161 e. The Bertz CT molecular complexity index is 790. The number of hydrogen-bond acceptors (Lipinski definition) is 6. The Kier molecular flexibility index (Phi) is 5.55. The molecule has 0 amide bonds. The summed E-state index contributed by atoms with van der Waals surface area (Å²) in [5.74, 6) is 2.56. The zero-order chi connectivity index (χ0) is 18.6. The largest absolute Gasteiger partial charge is 0.493 e. The van der Waals surface area contributed by atoms with E-state index in [-0.39, 0.29) is 0 Å². The van der Waals surface area contributed by atoms with E-state index in [9.17, 15) is 0 Å². The zero-order valence-corrected chi connectivity index (χ0v) is 16.2. The van der Waals surface area contributed by atoms with Crippen molar-refractivity contribution in [3.8, 4) is 11.5 Å². The average molecular weight is 368 g/mol. The molecule has 27 heavy (non-hydrogen) atoms. The van der Waals surface area contributed by atoms with Crippen LogP contribution in [0.15, 0.2) is 24.4 Å². The topological polar surface area (TPSA) is 59.5 Å². The summed E-state index contributed by atoms with van der Waals surface area (Å²) < 4.78 is 11.1. The van der Waals surface area contributed by atoms with Crippen molar-refractivity contribution in [2.24, 2.45) is 0 Å². The molecule has 2 aromatic rings. The van der Waals surface area contributed by atoms with Crippen molar-refractivity contribution in [2.75, 3.05) is 26.8 Å². The fraction of sp³-hybridized carbons (Fsp3) is 0.524. The van der Waals surface area contributed by atoms with Gasteiger partial charge in [-0.2, -0.15) is 0 Å². The second-order valence-electron chi connectivity index (χ2n) is 7.23. The quantitative estimate of drug-likeness (QED) is 0.846. The van der Waals surface area contributed by atoms with Crippen LogP contribution in [0.3, 0.4) is 0 Å². The molecule has 4 rings (SSSR count). The Morgan fingerprint density at radius 3 is 3.00 bits per heavy atom. The van der Waals surface area contributed by atoms with Crippen LogP contribution in [0.5, 0.6) is 11.5 Å². The fourth-order valence-corrected chi connectivity index (χ4v) is 3.94. The first-order valence-electron chi connectivity index (χ1n) is 9.87. The number of rotatable bonds is 6. The van der Waals surface area contributed by atoms with Gasteiger partial charge >= 0.3 is 0 Å². The number of ether oxygens (including phenoxy) is 2. The molecular formula is C21H28N4O2. The maximum absolute atomic E-state index is 5.61. The number of fused-ring (bicyclic) bond motifs is 1. The highest BCUT2D eigenvalue weighted by molar-refractivity contribution is 5.43. The van der Waals surface area contributed by atoms with Crippen molar-refractivity contribution in [1.29, 1.82) is 0 Å². The first-order valence-corrected chi connectivity index (χ1v) is 9.87. The van der Waals surface area contributed by atoms with Crippen LogP contribution in [0.4, 0.5) is 0 Å². The van der Waals surface area contributed by atoms with Crippen LogP contribution >= 0.6 is 0 Å². The third kappa shape index (κ3) is 4.06. The van der Waals surface area contributed by atoms with Crippen LogP contribution in [0.2, 0.25) is 0 Å². The Morgan fingerprint density at radius 2 is 2.22 bits per heavy atom. The summed E-state index contributed by atoms with van der Waals surface area (Å²) >= 11 is 0. The van der Waals surface area contributed by atoms with Crippen molar-refractivity contribution in [3.05, 3.63) is 47.0 Å². The van der Waals surface area contributed by atoms with E-state index < -0.39 is 0 Å². The Balaban J connectivity index is 1.44. The molecule has 1 N–H and O–H groups in total. The van der Waals surface area contributed by atoms with E-state index in [1.165, 1.54) is 23.2 Å². The average Bonchev–Trinajstić information content (AvgIpc) is 3.24. The van der Waals surface area contributed by atoms with E-state index in [0.717, 1.165) is 56.3 Å². The molecular weight excluding hydrogens is 340 g/mol. The molecule has 0 bridgehead atoms. The van der Waals surface area contributed by atoms with E-state index >= 15 is 0 Å². The maximum atomic E-state index is 5.61. The molecule has 0 spiro atoms. The molecule has 1 atom stereocenters. The molecule has 0 aliphatic carbocycles. The highest BCUT2D eigenvalue weighted by atomic mass is 16.5. The van der Waals surface area contributed by atoms with Gasteiger partial charge in [-0.1, -0.05) is 6.07 Å². The van der Waals surface area contributed by atoms with Crippen LogP contribution in [-0.2, 0) is 19.5 Å². The lowest BCUT2D eigenvalue weighted by molar-refractivity contribution is 0.241. The third-order valence-corrected chi connectivity index (χ3v) is 5.34. The molecule has 1 aromatic heterocycles. The zero-order valence-electron chi connectivity index (χ0n) is 16.2. The van der Waals surface area contributed by atoms with E-state index in [2.05, 4.69) is 27.3 Å². The van der Waals surface area contributed by atoms with Crippen LogP contribution in [0, 0.1) is 0 Å². The lowest BCUT2D eigenvalue weighted by atomic mass is 10.1. The van der Waals surface area contributed by atoms with Crippen molar-refractivity contribution >= 4 is 0 Å². The normalized spacial score (nSPS) is 19.7. The molecule has 1 fully saturated rings. The van der Waals surface area contributed by atoms with Gasteiger partial charge in [-0.05, 0) is 44.0 Å². The predicted octanol–water partition coefficient (Wildman–Crippen LogP) is 2.87. The van der Waals surface area contributed by atoms with Gasteiger partial charge < -0.3 is 14.8 Å². The predicted molar refractivity (Wildman–Crippen MR) is 104 cm³/mol. The van der Waals surface area contributed by atoms with E-state index in [0.29, 0.717) is 12.6 Å². The SMILES string of the molecule is CCOc1ccc(CN2CCc3nc([C@@H]4CCCN4)ncc3C2)cc1OC. The van der Waals surface area contributed by atoms with Gasteiger partial charge in [-0.3, -0.25) is 4.90 Å². The van der Waals surface area contributed by atoms with E-state index in [1.807, 2.05) is 19.2 Å². The minimum absolute atomic E-state index is 0.338. The molecule has 1 saturated heterocycles. The Hall–Kier alpha value is -2.18. The molecule has 2 aliphatic heterocycles. The van der Waals surface area contributed by atoms with Crippen molar-refractivity contribution in [1.82, 2.24) is 20.2 Å². The lowest BCUT2D eigenvalue weighted by Crippen LogP contribution is -2.31. The number of benzene rings is 1. The van der Waals surface area contributed by atoms with Crippen LogP contribution in [-0.4, -0.2) is 41.7 Å². The summed E-state index contributed by atoms with van der Waals surface area (Å²) in [4.78, 5) is 11.9. The molecule has 6 nitrogen and oxygen atoms in total. The Morgan fingerprint density at radius 1 is 1.30 bits per heavy atom. The standard InChI is InChI=1S/C21H28N4O2/c1-3-27-19-7-6-15(11-20(19)26-2)13-25-10-8-17-16(14-25)12-23-21(24-17)18-5-4-9-22-18/h6-7,11-12,18,22H,3-5,8-10,13-14H2,1-2H3/t18-/m0/s1. The van der Waals surface area contributed by atoms with Gasteiger partial charge in [0.05, 0.1) is 19.8 Å². The number of aromatic nitrogens is 2. The summed E-state index contributed by atoms with van der Waals surface area (Å²) in [6, 6.07) is 6.53. The highest BCUT2D eigenvalue weighted by Crippen LogP contribution is 2.29. The van der Waals surface area contributed by atoms with Gasteiger partial charge in [0.2, 0.25) is 0 Å². The van der Waals surface area contributed by atoms with Gasteiger partial charge in [0.1, 0.15) is 5.82 Å². The van der Waals surface area contributed by atoms with Crippen molar-refractivity contribution in [2.45, 2.75) is 45.3 Å². The van der Waals surface area contributed by atoms with Crippen LogP contribution < -0.4 is 14.8 Å². The molecule has 0 unspecified atom stereocenters. The Labute approximate surface area is 160 Å². The van der Waals surface area contributed by atoms with Gasteiger partial charge in [-0.25, -0.2) is 9.97 Å². The van der Waals surface area contributed by atoms with Gasteiger partial charge in [0.25, 0.3) is 0 Å². The summed E-state index contributed by atoms with van der Waals surface area (Å²) in [7, 11) is 1.69. The van der Waals surface area contributed by atoms with Gasteiger partial charge in [0, 0.05) is 43.5 Å². The second-order valence-corrected chi connectivity index (χ2v) is 7.23.